The SMILES string of the molecule is CC(C)C(C)NS(=O)(=O)c1cc(CO)c(Cl)cc1Cl. The number of hydrogen-bond donors (Lipinski definition) is 2. The molecule has 1 rings (SSSR count). The van der Waals surface area contributed by atoms with Crippen molar-refractivity contribution in [2.24, 2.45) is 5.92 Å². The molecule has 19 heavy (non-hydrogen) atoms. The summed E-state index contributed by atoms with van der Waals surface area (Å²) in [5.41, 5.74) is 0.323. The zero-order chi connectivity index (χ0) is 14.8. The molecule has 0 bridgehead atoms. The standard InChI is InChI=1S/C12H17Cl2NO3S/c1-7(2)8(3)15-19(17,18)12-4-9(6-16)10(13)5-11(12)14/h4-5,7-8,15-16H,6H2,1-3H3. The van der Waals surface area contributed by atoms with Crippen LogP contribution in [0.4, 0.5) is 0 Å². The van der Waals surface area contributed by atoms with Crippen LogP contribution in [0, 0.1) is 5.92 Å². The van der Waals surface area contributed by atoms with Gasteiger partial charge in [-0.2, -0.15) is 0 Å². The first-order valence-electron chi connectivity index (χ1n) is 5.80. The number of hydrogen-bond acceptors (Lipinski definition) is 3. The minimum Gasteiger partial charge on any atom is -0.392 e. The molecule has 0 aliphatic heterocycles. The second-order valence-electron chi connectivity index (χ2n) is 4.69. The van der Waals surface area contributed by atoms with Crippen LogP contribution in [0.3, 0.4) is 0 Å². The Kier molecular flexibility index (Phi) is 5.65. The van der Waals surface area contributed by atoms with Gasteiger partial charge < -0.3 is 5.11 Å². The lowest BCUT2D eigenvalue weighted by Gasteiger charge is -2.18. The molecule has 0 aromatic heterocycles. The molecular formula is C12H17Cl2NO3S. The average Bonchev–Trinajstić information content (AvgIpc) is 2.27. The molecule has 0 aliphatic carbocycles. The lowest BCUT2D eigenvalue weighted by molar-refractivity contribution is 0.281. The molecule has 4 nitrogen and oxygen atoms in total. The summed E-state index contributed by atoms with van der Waals surface area (Å²) < 4.78 is 27.0. The molecule has 2 N–H and O–H groups in total. The number of benzene rings is 1. The van der Waals surface area contributed by atoms with E-state index >= 15 is 0 Å². The number of aliphatic hydroxyl groups is 1. The Bertz CT molecular complexity index is 558. The van der Waals surface area contributed by atoms with Crippen LogP contribution in [0.5, 0.6) is 0 Å². The van der Waals surface area contributed by atoms with Gasteiger partial charge in [-0.15, -0.1) is 0 Å². The van der Waals surface area contributed by atoms with Gasteiger partial charge in [0.15, 0.2) is 0 Å². The Morgan fingerprint density at radius 1 is 1.21 bits per heavy atom. The summed E-state index contributed by atoms with van der Waals surface area (Å²) in [5.74, 6) is 0.151. The number of nitrogens with one attached hydrogen (secondary N) is 1. The smallest absolute Gasteiger partial charge is 0.242 e. The molecule has 1 aromatic rings. The van der Waals surface area contributed by atoms with E-state index in [0.717, 1.165) is 0 Å². The van der Waals surface area contributed by atoms with Crippen LogP contribution in [-0.2, 0) is 16.6 Å². The number of halogens is 2. The highest BCUT2D eigenvalue weighted by Crippen LogP contribution is 2.29. The Morgan fingerprint density at radius 2 is 1.79 bits per heavy atom. The van der Waals surface area contributed by atoms with Crippen molar-refractivity contribution in [3.8, 4) is 0 Å². The minimum absolute atomic E-state index is 0.0330. The van der Waals surface area contributed by atoms with Crippen molar-refractivity contribution in [3.05, 3.63) is 27.7 Å². The second kappa shape index (κ2) is 6.41. The molecule has 1 unspecified atom stereocenters. The normalized spacial score (nSPS) is 13.8. The molecule has 0 radical (unpaired) electrons. The van der Waals surface area contributed by atoms with Crippen LogP contribution in [0.2, 0.25) is 10.0 Å². The van der Waals surface area contributed by atoms with Gasteiger partial charge in [0.1, 0.15) is 4.90 Å². The predicted molar refractivity (Wildman–Crippen MR) is 77.0 cm³/mol. The van der Waals surface area contributed by atoms with Crippen molar-refractivity contribution < 1.29 is 13.5 Å². The zero-order valence-electron chi connectivity index (χ0n) is 10.9. The Balaban J connectivity index is 3.21. The van der Waals surface area contributed by atoms with Gasteiger partial charge in [0.2, 0.25) is 10.0 Å². The van der Waals surface area contributed by atoms with Crippen molar-refractivity contribution in [1.29, 1.82) is 0 Å². The molecule has 1 aromatic carbocycles. The molecule has 0 aliphatic rings. The summed E-state index contributed by atoms with van der Waals surface area (Å²) >= 11 is 11.8. The van der Waals surface area contributed by atoms with Gasteiger partial charge in [0, 0.05) is 11.1 Å². The number of aliphatic hydroxyl groups excluding tert-OH is 1. The number of sulfonamides is 1. The third-order valence-corrected chi connectivity index (χ3v) is 5.28. The van der Waals surface area contributed by atoms with E-state index in [1.54, 1.807) is 6.92 Å². The molecule has 0 heterocycles. The summed E-state index contributed by atoms with van der Waals surface area (Å²) in [6.07, 6.45) is 0. The van der Waals surface area contributed by atoms with Gasteiger partial charge in [-0.05, 0) is 30.5 Å². The van der Waals surface area contributed by atoms with Crippen LogP contribution >= 0.6 is 23.2 Å². The average molecular weight is 326 g/mol. The van der Waals surface area contributed by atoms with Crippen molar-refractivity contribution in [1.82, 2.24) is 4.72 Å². The van der Waals surface area contributed by atoms with E-state index in [1.165, 1.54) is 12.1 Å². The summed E-state index contributed by atoms with van der Waals surface area (Å²) in [6, 6.07) is 2.39. The maximum atomic E-state index is 12.2. The molecule has 0 spiro atoms. The van der Waals surface area contributed by atoms with Crippen LogP contribution in [0.15, 0.2) is 17.0 Å². The first-order valence-corrected chi connectivity index (χ1v) is 8.04. The van der Waals surface area contributed by atoms with Crippen LogP contribution in [0.25, 0.3) is 0 Å². The maximum absolute atomic E-state index is 12.2. The summed E-state index contributed by atoms with van der Waals surface area (Å²) in [6.45, 7) is 5.25. The molecule has 0 saturated carbocycles. The fourth-order valence-corrected chi connectivity index (χ4v) is 3.59. The van der Waals surface area contributed by atoms with Gasteiger partial charge >= 0.3 is 0 Å². The quantitative estimate of drug-likeness (QED) is 0.874. The number of rotatable bonds is 5. The molecular weight excluding hydrogens is 309 g/mol. The fraction of sp³-hybridized carbons (Fsp3) is 0.500. The van der Waals surface area contributed by atoms with Crippen LogP contribution in [-0.4, -0.2) is 19.6 Å². The maximum Gasteiger partial charge on any atom is 0.242 e. The first kappa shape index (κ1) is 16.7. The van der Waals surface area contributed by atoms with Gasteiger partial charge in [-0.25, -0.2) is 13.1 Å². The van der Waals surface area contributed by atoms with E-state index < -0.39 is 10.0 Å². The molecule has 0 fully saturated rings. The fourth-order valence-electron chi connectivity index (χ4n) is 1.34. The minimum atomic E-state index is -3.74. The summed E-state index contributed by atoms with van der Waals surface area (Å²) in [4.78, 5) is -0.0740. The highest BCUT2D eigenvalue weighted by Gasteiger charge is 2.23. The summed E-state index contributed by atoms with van der Waals surface area (Å²) in [5, 5.41) is 9.40. The van der Waals surface area contributed by atoms with Gasteiger partial charge in [0.05, 0.1) is 11.6 Å². The largest absolute Gasteiger partial charge is 0.392 e. The zero-order valence-corrected chi connectivity index (χ0v) is 13.3. The molecule has 108 valence electrons. The predicted octanol–water partition coefficient (Wildman–Crippen LogP) is 2.81. The van der Waals surface area contributed by atoms with Gasteiger partial charge in [-0.3, -0.25) is 0 Å². The lowest BCUT2D eigenvalue weighted by Crippen LogP contribution is -2.36. The third-order valence-electron chi connectivity index (χ3n) is 2.90. The topological polar surface area (TPSA) is 66.4 Å². The second-order valence-corrected chi connectivity index (χ2v) is 7.18. The molecule has 0 amide bonds. The third kappa shape index (κ3) is 4.07. The van der Waals surface area contributed by atoms with Crippen LogP contribution in [0.1, 0.15) is 26.3 Å². The van der Waals surface area contributed by atoms with E-state index in [0.29, 0.717) is 5.56 Å². The van der Waals surface area contributed by atoms with Crippen molar-refractivity contribution >= 4 is 33.2 Å². The van der Waals surface area contributed by atoms with Gasteiger partial charge in [0.25, 0.3) is 0 Å². The highest BCUT2D eigenvalue weighted by molar-refractivity contribution is 7.89. The monoisotopic (exact) mass is 325 g/mol. The first-order chi connectivity index (χ1) is 8.69. The van der Waals surface area contributed by atoms with Crippen molar-refractivity contribution in [2.45, 2.75) is 38.3 Å². The highest BCUT2D eigenvalue weighted by atomic mass is 35.5. The van der Waals surface area contributed by atoms with E-state index in [4.69, 9.17) is 28.3 Å². The lowest BCUT2D eigenvalue weighted by atomic mass is 10.1. The van der Waals surface area contributed by atoms with E-state index in [1.807, 2.05) is 13.8 Å². The molecule has 7 heteroatoms. The van der Waals surface area contributed by atoms with E-state index in [9.17, 15) is 8.42 Å². The van der Waals surface area contributed by atoms with Gasteiger partial charge in [-0.1, -0.05) is 37.0 Å². The van der Waals surface area contributed by atoms with E-state index in [2.05, 4.69) is 4.72 Å². The Hall–Kier alpha value is -0.330. The van der Waals surface area contributed by atoms with Crippen molar-refractivity contribution in [3.63, 3.8) is 0 Å². The molecule has 0 saturated heterocycles. The van der Waals surface area contributed by atoms with Crippen molar-refractivity contribution in [2.75, 3.05) is 0 Å². The van der Waals surface area contributed by atoms with E-state index in [-0.39, 0.29) is 33.5 Å². The van der Waals surface area contributed by atoms with Crippen LogP contribution < -0.4 is 4.72 Å². The summed E-state index contributed by atoms with van der Waals surface area (Å²) in [7, 11) is -3.74. The Labute approximate surface area is 123 Å². The Morgan fingerprint density at radius 3 is 2.26 bits per heavy atom. The molecule has 1 atom stereocenters.